The molecule has 6 nitrogen and oxygen atoms in total. The second-order valence-electron chi connectivity index (χ2n) is 5.27. The second-order valence-corrected chi connectivity index (χ2v) is 6.21. The van der Waals surface area contributed by atoms with Crippen molar-refractivity contribution in [1.29, 1.82) is 0 Å². The van der Waals surface area contributed by atoms with Crippen LogP contribution >= 0.6 is 11.3 Å². The van der Waals surface area contributed by atoms with E-state index in [1.54, 1.807) is 11.3 Å². The van der Waals surface area contributed by atoms with Crippen LogP contribution in [0.25, 0.3) is 0 Å². The second kappa shape index (κ2) is 5.59. The summed E-state index contributed by atoms with van der Waals surface area (Å²) in [5.74, 6) is 1.42. The predicted molar refractivity (Wildman–Crippen MR) is 76.5 cm³/mol. The number of likely N-dealkylation sites (N-methyl/N-ethyl adjacent to an activating group) is 1. The predicted octanol–water partition coefficient (Wildman–Crippen LogP) is 1.63. The minimum absolute atomic E-state index is 0.179. The van der Waals surface area contributed by atoms with Crippen LogP contribution in [0.2, 0.25) is 0 Å². The van der Waals surface area contributed by atoms with Gasteiger partial charge in [0.1, 0.15) is 6.04 Å². The van der Waals surface area contributed by atoms with Crippen LogP contribution in [0.5, 0.6) is 0 Å². The number of aromatic nitrogens is 3. The normalized spacial score (nSPS) is 21.4. The Kier molecular flexibility index (Phi) is 3.82. The van der Waals surface area contributed by atoms with E-state index >= 15 is 0 Å². The zero-order valence-electron chi connectivity index (χ0n) is 12.0. The molecular weight excluding hydrogens is 274 g/mol. The molecule has 3 heterocycles. The Bertz CT molecular complexity index is 581. The Morgan fingerprint density at radius 3 is 2.90 bits per heavy atom. The third-order valence-electron chi connectivity index (χ3n) is 3.77. The summed E-state index contributed by atoms with van der Waals surface area (Å²) in [7, 11) is 2.11. The highest BCUT2D eigenvalue weighted by molar-refractivity contribution is 7.09. The molecule has 1 unspecified atom stereocenters. The van der Waals surface area contributed by atoms with Gasteiger partial charge in [0.25, 0.3) is 0 Å². The summed E-state index contributed by atoms with van der Waals surface area (Å²) in [4.78, 5) is 14.8. The smallest absolute Gasteiger partial charge is 0.245 e. The lowest BCUT2D eigenvalue weighted by atomic mass is 10.1. The third kappa shape index (κ3) is 2.74. The number of aryl methyl sites for hydroxylation is 2. The van der Waals surface area contributed by atoms with Crippen molar-refractivity contribution in [3.8, 4) is 0 Å². The van der Waals surface area contributed by atoms with E-state index in [2.05, 4.69) is 38.9 Å². The Labute approximate surface area is 122 Å². The van der Waals surface area contributed by atoms with E-state index in [4.69, 9.17) is 4.52 Å². The van der Waals surface area contributed by atoms with E-state index < -0.39 is 0 Å². The van der Waals surface area contributed by atoms with E-state index in [-0.39, 0.29) is 6.04 Å². The molecule has 3 rings (SSSR count). The summed E-state index contributed by atoms with van der Waals surface area (Å²) in [6.45, 7) is 7.85. The highest BCUT2D eigenvalue weighted by Crippen LogP contribution is 2.25. The number of thiazole rings is 1. The van der Waals surface area contributed by atoms with Crippen LogP contribution in [0.3, 0.4) is 0 Å². The SMILES string of the molecule is Cc1noc(C2CN(Cc3scnc3C)CCN2C)n1. The summed E-state index contributed by atoms with van der Waals surface area (Å²) in [5, 5.41) is 3.90. The molecule has 1 aliphatic rings. The Morgan fingerprint density at radius 2 is 2.25 bits per heavy atom. The van der Waals surface area contributed by atoms with Gasteiger partial charge in [-0.2, -0.15) is 4.98 Å². The number of nitrogens with zero attached hydrogens (tertiary/aromatic N) is 5. The van der Waals surface area contributed by atoms with Crippen molar-refractivity contribution < 1.29 is 4.52 Å². The fraction of sp³-hybridized carbons (Fsp3) is 0.615. The number of rotatable bonds is 3. The van der Waals surface area contributed by atoms with Gasteiger partial charge in [0, 0.05) is 31.1 Å². The molecule has 0 N–H and O–H groups in total. The molecule has 0 aromatic carbocycles. The zero-order valence-corrected chi connectivity index (χ0v) is 12.9. The van der Waals surface area contributed by atoms with Crippen LogP contribution < -0.4 is 0 Å². The molecule has 2 aromatic rings. The van der Waals surface area contributed by atoms with Crippen molar-refractivity contribution in [2.75, 3.05) is 26.7 Å². The summed E-state index contributed by atoms with van der Waals surface area (Å²) in [6.07, 6.45) is 0. The van der Waals surface area contributed by atoms with Crippen LogP contribution in [0.4, 0.5) is 0 Å². The molecule has 108 valence electrons. The molecule has 1 aliphatic heterocycles. The molecule has 0 aliphatic carbocycles. The van der Waals surface area contributed by atoms with Gasteiger partial charge in [-0.15, -0.1) is 11.3 Å². The van der Waals surface area contributed by atoms with Crippen molar-refractivity contribution in [3.05, 3.63) is 27.8 Å². The van der Waals surface area contributed by atoms with Crippen molar-refractivity contribution in [2.45, 2.75) is 26.4 Å². The van der Waals surface area contributed by atoms with Crippen molar-refractivity contribution in [3.63, 3.8) is 0 Å². The molecule has 0 radical (unpaired) electrons. The molecule has 7 heteroatoms. The van der Waals surface area contributed by atoms with Gasteiger partial charge >= 0.3 is 0 Å². The minimum Gasteiger partial charge on any atom is -0.338 e. The standard InChI is InChI=1S/C13H19N5OS/c1-9-12(20-8-14-9)7-18-5-4-17(3)11(6-18)13-15-10(2)16-19-13/h8,11H,4-7H2,1-3H3. The van der Waals surface area contributed by atoms with Gasteiger partial charge < -0.3 is 4.52 Å². The molecule has 0 bridgehead atoms. The summed E-state index contributed by atoms with van der Waals surface area (Å²) in [5.41, 5.74) is 3.05. The van der Waals surface area contributed by atoms with Crippen LogP contribution in [-0.4, -0.2) is 51.6 Å². The average molecular weight is 293 g/mol. The van der Waals surface area contributed by atoms with Crippen LogP contribution in [-0.2, 0) is 6.54 Å². The van der Waals surface area contributed by atoms with Gasteiger partial charge in [-0.1, -0.05) is 5.16 Å². The molecule has 20 heavy (non-hydrogen) atoms. The van der Waals surface area contributed by atoms with E-state index in [9.17, 15) is 0 Å². The maximum Gasteiger partial charge on any atom is 0.245 e. The molecule has 1 saturated heterocycles. The first kappa shape index (κ1) is 13.7. The lowest BCUT2D eigenvalue weighted by molar-refractivity contribution is 0.0719. The van der Waals surface area contributed by atoms with Gasteiger partial charge in [-0.3, -0.25) is 9.80 Å². The van der Waals surface area contributed by atoms with Crippen LogP contribution in [0.1, 0.15) is 28.3 Å². The Balaban J connectivity index is 1.71. The quantitative estimate of drug-likeness (QED) is 0.857. The number of piperazine rings is 1. The fourth-order valence-electron chi connectivity index (χ4n) is 2.47. The third-order valence-corrected chi connectivity index (χ3v) is 4.69. The van der Waals surface area contributed by atoms with Crippen LogP contribution in [0, 0.1) is 13.8 Å². The van der Waals surface area contributed by atoms with Crippen molar-refractivity contribution in [1.82, 2.24) is 24.9 Å². The zero-order chi connectivity index (χ0) is 14.1. The number of hydrogen-bond acceptors (Lipinski definition) is 7. The van der Waals surface area contributed by atoms with Gasteiger partial charge in [-0.25, -0.2) is 4.98 Å². The first-order valence-corrected chi connectivity index (χ1v) is 7.63. The van der Waals surface area contributed by atoms with Gasteiger partial charge in [0.05, 0.1) is 11.2 Å². The van der Waals surface area contributed by atoms with Crippen LogP contribution in [0.15, 0.2) is 10.0 Å². The summed E-state index contributed by atoms with van der Waals surface area (Å²) < 4.78 is 5.34. The van der Waals surface area contributed by atoms with E-state index in [1.165, 1.54) is 4.88 Å². The highest BCUT2D eigenvalue weighted by Gasteiger charge is 2.30. The monoisotopic (exact) mass is 293 g/mol. The summed E-state index contributed by atoms with van der Waals surface area (Å²) >= 11 is 1.73. The summed E-state index contributed by atoms with van der Waals surface area (Å²) in [6, 6.07) is 0.179. The molecule has 1 fully saturated rings. The first-order chi connectivity index (χ1) is 9.63. The van der Waals surface area contributed by atoms with Gasteiger partial charge in [-0.05, 0) is 20.9 Å². The maximum atomic E-state index is 5.34. The maximum absolute atomic E-state index is 5.34. The lowest BCUT2D eigenvalue weighted by Gasteiger charge is -2.37. The lowest BCUT2D eigenvalue weighted by Crippen LogP contribution is -2.46. The molecule has 0 spiro atoms. The van der Waals surface area contributed by atoms with Crippen molar-refractivity contribution in [2.24, 2.45) is 0 Å². The molecule has 2 aromatic heterocycles. The van der Waals surface area contributed by atoms with Crippen molar-refractivity contribution >= 4 is 11.3 Å². The number of hydrogen-bond donors (Lipinski definition) is 0. The Morgan fingerprint density at radius 1 is 1.40 bits per heavy atom. The topological polar surface area (TPSA) is 58.3 Å². The molecule has 1 atom stereocenters. The molecule has 0 saturated carbocycles. The Hall–Kier alpha value is -1.31. The van der Waals surface area contributed by atoms with Gasteiger partial charge in [0.15, 0.2) is 5.82 Å². The fourth-order valence-corrected chi connectivity index (χ4v) is 3.29. The molecular formula is C13H19N5OS. The first-order valence-electron chi connectivity index (χ1n) is 6.75. The largest absolute Gasteiger partial charge is 0.338 e. The van der Waals surface area contributed by atoms with E-state index in [1.807, 2.05) is 12.4 Å². The average Bonchev–Trinajstić information content (AvgIpc) is 3.02. The molecule has 0 amide bonds. The van der Waals surface area contributed by atoms with E-state index in [0.29, 0.717) is 5.82 Å². The van der Waals surface area contributed by atoms with Gasteiger partial charge in [0.2, 0.25) is 5.89 Å². The van der Waals surface area contributed by atoms with E-state index in [0.717, 1.165) is 37.8 Å². The highest BCUT2D eigenvalue weighted by atomic mass is 32.1. The minimum atomic E-state index is 0.179.